The van der Waals surface area contributed by atoms with E-state index < -0.39 is 0 Å². The minimum Gasteiger partial charge on any atom is -0.397 e. The maximum atomic E-state index is 12.2. The number of anilines is 1. The molecule has 3 N–H and O–H groups in total. The number of hydrogen-bond acceptors (Lipinski definition) is 7. The highest BCUT2D eigenvalue weighted by molar-refractivity contribution is 7.21. The summed E-state index contributed by atoms with van der Waals surface area (Å²) in [5.74, 6) is 0.144. The fraction of sp³-hybridized carbons (Fsp3) is 0.231. The van der Waals surface area contributed by atoms with Crippen molar-refractivity contribution in [3.8, 4) is 0 Å². The number of fused-ring (bicyclic) bond motifs is 1. The van der Waals surface area contributed by atoms with E-state index >= 15 is 0 Å². The van der Waals surface area contributed by atoms with Gasteiger partial charge in [0.2, 0.25) is 6.39 Å². The quantitative estimate of drug-likeness (QED) is 0.764. The largest absolute Gasteiger partial charge is 0.397 e. The lowest BCUT2D eigenvalue weighted by Gasteiger charge is -2.01. The van der Waals surface area contributed by atoms with Crippen molar-refractivity contribution < 1.29 is 9.32 Å². The average molecular weight is 303 g/mol. The highest BCUT2D eigenvalue weighted by Gasteiger charge is 2.19. The summed E-state index contributed by atoms with van der Waals surface area (Å²) in [5.41, 5.74) is 8.48. The van der Waals surface area contributed by atoms with Crippen molar-refractivity contribution >= 4 is 33.1 Å². The molecule has 108 valence electrons. The second kappa shape index (κ2) is 5.13. The maximum Gasteiger partial charge on any atom is 0.263 e. The van der Waals surface area contributed by atoms with Gasteiger partial charge in [0, 0.05) is 11.1 Å². The molecule has 0 radical (unpaired) electrons. The minimum absolute atomic E-state index is 0.189. The summed E-state index contributed by atoms with van der Waals surface area (Å²) in [7, 11) is 0. The van der Waals surface area contributed by atoms with E-state index in [-0.39, 0.29) is 12.5 Å². The first kappa shape index (κ1) is 13.5. The molecular formula is C13H13N5O2S. The Hall–Kier alpha value is -2.48. The Morgan fingerprint density at radius 1 is 1.48 bits per heavy atom. The molecule has 0 aliphatic heterocycles. The average Bonchev–Trinajstić information content (AvgIpc) is 3.04. The number of nitrogens with two attached hydrogens (primary N) is 1. The van der Waals surface area contributed by atoms with Crippen LogP contribution >= 0.6 is 11.3 Å². The number of aryl methyl sites for hydroxylation is 2. The Morgan fingerprint density at radius 3 is 3.00 bits per heavy atom. The lowest BCUT2D eigenvalue weighted by molar-refractivity contribution is 0.0954. The predicted octanol–water partition coefficient (Wildman–Crippen LogP) is 1.81. The van der Waals surface area contributed by atoms with Crippen LogP contribution in [0.4, 0.5) is 5.69 Å². The molecule has 1 amide bonds. The van der Waals surface area contributed by atoms with Crippen LogP contribution in [-0.4, -0.2) is 21.0 Å². The van der Waals surface area contributed by atoms with E-state index in [2.05, 4.69) is 25.0 Å². The van der Waals surface area contributed by atoms with Crippen LogP contribution in [0.5, 0.6) is 0 Å². The van der Waals surface area contributed by atoms with Gasteiger partial charge in [-0.3, -0.25) is 4.79 Å². The molecule has 0 atom stereocenters. The molecule has 0 bridgehead atoms. The highest BCUT2D eigenvalue weighted by atomic mass is 32.1. The van der Waals surface area contributed by atoms with Crippen LogP contribution in [0.3, 0.4) is 0 Å². The number of nitrogens with zero attached hydrogens (tertiary/aromatic N) is 3. The first-order chi connectivity index (χ1) is 10.1. The normalized spacial score (nSPS) is 11.0. The van der Waals surface area contributed by atoms with E-state index in [9.17, 15) is 4.79 Å². The molecule has 0 spiro atoms. The van der Waals surface area contributed by atoms with Crippen molar-refractivity contribution in [2.75, 3.05) is 5.73 Å². The van der Waals surface area contributed by atoms with Crippen molar-refractivity contribution in [2.45, 2.75) is 20.4 Å². The Bertz CT molecular complexity index is 810. The molecule has 0 aliphatic rings. The number of rotatable bonds is 3. The van der Waals surface area contributed by atoms with E-state index in [1.165, 1.54) is 17.7 Å². The molecule has 0 aliphatic carbocycles. The summed E-state index contributed by atoms with van der Waals surface area (Å²) in [6.07, 6.45) is 1.21. The predicted molar refractivity (Wildman–Crippen MR) is 79.0 cm³/mol. The Labute approximate surface area is 124 Å². The Morgan fingerprint density at radius 2 is 2.29 bits per heavy atom. The molecule has 3 rings (SSSR count). The van der Waals surface area contributed by atoms with Crippen molar-refractivity contribution in [2.24, 2.45) is 0 Å². The molecule has 0 saturated carbocycles. The summed E-state index contributed by atoms with van der Waals surface area (Å²) < 4.78 is 4.61. The zero-order chi connectivity index (χ0) is 15.0. The number of hydrogen-bond donors (Lipinski definition) is 2. The summed E-state index contributed by atoms with van der Waals surface area (Å²) in [6, 6.07) is 1.95. The third-order valence-corrected chi connectivity index (χ3v) is 4.14. The number of nitrogen functional groups attached to an aromatic ring is 1. The smallest absolute Gasteiger partial charge is 0.263 e. The van der Waals surface area contributed by atoms with Crippen LogP contribution in [0, 0.1) is 13.8 Å². The van der Waals surface area contributed by atoms with Gasteiger partial charge in [0.1, 0.15) is 9.71 Å². The van der Waals surface area contributed by atoms with Gasteiger partial charge < -0.3 is 15.6 Å². The number of aromatic nitrogens is 3. The molecular weight excluding hydrogens is 290 g/mol. The summed E-state index contributed by atoms with van der Waals surface area (Å²) >= 11 is 1.29. The van der Waals surface area contributed by atoms with Crippen LogP contribution < -0.4 is 11.1 Å². The lowest BCUT2D eigenvalue weighted by Crippen LogP contribution is -2.23. The Balaban J connectivity index is 1.91. The van der Waals surface area contributed by atoms with E-state index in [0.29, 0.717) is 16.4 Å². The summed E-state index contributed by atoms with van der Waals surface area (Å²) in [4.78, 5) is 21.7. The topological polar surface area (TPSA) is 107 Å². The SMILES string of the molecule is Cc1cc(C)c2c(N)c(C(=O)NCc3ncon3)sc2n1. The van der Waals surface area contributed by atoms with Crippen molar-refractivity contribution in [3.05, 3.63) is 34.4 Å². The fourth-order valence-corrected chi connectivity index (χ4v) is 3.28. The van der Waals surface area contributed by atoms with Gasteiger partial charge in [-0.05, 0) is 25.5 Å². The summed E-state index contributed by atoms with van der Waals surface area (Å²) in [5, 5.41) is 7.19. The molecule has 3 heterocycles. The van der Waals surface area contributed by atoms with Crippen LogP contribution in [0.25, 0.3) is 10.2 Å². The van der Waals surface area contributed by atoms with Crippen LogP contribution in [0.15, 0.2) is 17.0 Å². The van der Waals surface area contributed by atoms with Gasteiger partial charge in [-0.15, -0.1) is 11.3 Å². The van der Waals surface area contributed by atoms with Crippen LogP contribution in [-0.2, 0) is 6.54 Å². The van der Waals surface area contributed by atoms with Gasteiger partial charge in [-0.1, -0.05) is 5.16 Å². The molecule has 7 nitrogen and oxygen atoms in total. The molecule has 0 fully saturated rings. The number of amides is 1. The second-order valence-electron chi connectivity index (χ2n) is 4.64. The monoisotopic (exact) mass is 303 g/mol. The number of carbonyl (C=O) groups excluding carboxylic acids is 1. The maximum absolute atomic E-state index is 12.2. The van der Waals surface area contributed by atoms with Crippen LogP contribution in [0.1, 0.15) is 26.8 Å². The summed E-state index contributed by atoms with van der Waals surface area (Å²) in [6.45, 7) is 4.06. The number of thiophene rings is 1. The molecule has 3 aromatic heterocycles. The number of nitrogens with one attached hydrogen (secondary N) is 1. The van der Waals surface area contributed by atoms with E-state index in [1.807, 2.05) is 19.9 Å². The Kier molecular flexibility index (Phi) is 3.30. The van der Waals surface area contributed by atoms with Crippen molar-refractivity contribution in [1.82, 2.24) is 20.4 Å². The fourth-order valence-electron chi connectivity index (χ4n) is 2.15. The van der Waals surface area contributed by atoms with E-state index in [1.54, 1.807) is 0 Å². The first-order valence-corrected chi connectivity index (χ1v) is 7.07. The number of carbonyl (C=O) groups is 1. The van der Waals surface area contributed by atoms with Crippen molar-refractivity contribution in [3.63, 3.8) is 0 Å². The molecule has 0 unspecified atom stereocenters. The third kappa shape index (κ3) is 2.45. The third-order valence-electron chi connectivity index (χ3n) is 3.04. The molecule has 0 saturated heterocycles. The van der Waals surface area contributed by atoms with Crippen molar-refractivity contribution in [1.29, 1.82) is 0 Å². The van der Waals surface area contributed by atoms with Crippen LogP contribution in [0.2, 0.25) is 0 Å². The van der Waals surface area contributed by atoms with Gasteiger partial charge in [0.15, 0.2) is 5.82 Å². The van der Waals surface area contributed by atoms with Gasteiger partial charge in [-0.25, -0.2) is 4.98 Å². The zero-order valence-electron chi connectivity index (χ0n) is 11.5. The number of pyridine rings is 1. The first-order valence-electron chi connectivity index (χ1n) is 6.26. The molecule has 8 heteroatoms. The molecule has 0 aromatic carbocycles. The standard InChI is InChI=1S/C13H13N5O2S/c1-6-3-7(2)17-13-9(6)10(14)11(21-13)12(19)15-4-8-16-5-20-18-8/h3,5H,4,14H2,1-2H3,(H,15,19). The zero-order valence-corrected chi connectivity index (χ0v) is 12.3. The van der Waals surface area contributed by atoms with Gasteiger partial charge in [-0.2, -0.15) is 4.98 Å². The van der Waals surface area contributed by atoms with Gasteiger partial charge in [0.05, 0.1) is 12.2 Å². The molecule has 3 aromatic rings. The molecule has 21 heavy (non-hydrogen) atoms. The van der Waals surface area contributed by atoms with E-state index in [0.717, 1.165) is 21.5 Å². The minimum atomic E-state index is -0.266. The lowest BCUT2D eigenvalue weighted by atomic mass is 10.1. The van der Waals surface area contributed by atoms with Gasteiger partial charge in [0.25, 0.3) is 5.91 Å². The van der Waals surface area contributed by atoms with E-state index in [4.69, 9.17) is 5.73 Å². The second-order valence-corrected chi connectivity index (χ2v) is 5.63. The highest BCUT2D eigenvalue weighted by Crippen LogP contribution is 2.34. The van der Waals surface area contributed by atoms with Gasteiger partial charge >= 0.3 is 0 Å².